The first-order chi connectivity index (χ1) is 13.4. The van der Waals surface area contributed by atoms with Gasteiger partial charge in [0.15, 0.2) is 6.29 Å². The van der Waals surface area contributed by atoms with E-state index in [-0.39, 0.29) is 23.0 Å². The van der Waals surface area contributed by atoms with Gasteiger partial charge in [-0.3, -0.25) is 19.0 Å². The minimum Gasteiger partial charge on any atom is -0.334 e. The van der Waals surface area contributed by atoms with Crippen LogP contribution in [0.4, 0.5) is 4.39 Å². The number of carbonyl (C=O) groups excluding carboxylic acids is 2. The number of carbonyl (C=O) groups is 2. The first-order valence-corrected chi connectivity index (χ1v) is 9.50. The molecule has 4 rings (SSSR count). The number of nitrogens with zero attached hydrogens (tertiary/aromatic N) is 2. The summed E-state index contributed by atoms with van der Waals surface area (Å²) in [6, 6.07) is 7.27. The molecule has 28 heavy (non-hydrogen) atoms. The smallest absolute Gasteiger partial charge is 0.254 e. The number of halogens is 1. The van der Waals surface area contributed by atoms with Gasteiger partial charge in [-0.05, 0) is 55.4 Å². The average molecular weight is 383 g/mol. The molecule has 1 aromatic carbocycles. The van der Waals surface area contributed by atoms with E-state index in [9.17, 15) is 18.8 Å². The summed E-state index contributed by atoms with van der Waals surface area (Å²) < 4.78 is 14.5. The third-order valence-corrected chi connectivity index (χ3v) is 5.83. The van der Waals surface area contributed by atoms with Crippen molar-refractivity contribution in [3.63, 3.8) is 0 Å². The van der Waals surface area contributed by atoms with Crippen molar-refractivity contribution in [3.8, 4) is 0 Å². The van der Waals surface area contributed by atoms with E-state index in [0.29, 0.717) is 44.2 Å². The van der Waals surface area contributed by atoms with Crippen LogP contribution in [0.25, 0.3) is 0 Å². The lowest BCUT2D eigenvalue weighted by Gasteiger charge is -2.33. The molecule has 1 fully saturated rings. The van der Waals surface area contributed by atoms with Crippen LogP contribution in [0.5, 0.6) is 0 Å². The van der Waals surface area contributed by atoms with E-state index in [2.05, 4.69) is 0 Å². The number of pyridine rings is 1. The van der Waals surface area contributed by atoms with Crippen molar-refractivity contribution in [3.05, 3.63) is 68.9 Å². The second-order valence-corrected chi connectivity index (χ2v) is 7.63. The monoisotopic (exact) mass is 383 g/mol. The fourth-order valence-electron chi connectivity index (χ4n) is 4.39. The highest BCUT2D eigenvalue weighted by molar-refractivity contribution is 5.98. The van der Waals surface area contributed by atoms with Gasteiger partial charge in [0.05, 0.1) is 16.9 Å². The molecular formula is C21H22FN3O3. The Hall–Kier alpha value is -2.80. The molecule has 1 amide bonds. The van der Waals surface area contributed by atoms with Gasteiger partial charge in [-0.1, -0.05) is 12.1 Å². The minimum atomic E-state index is -0.864. The van der Waals surface area contributed by atoms with Gasteiger partial charge in [-0.25, -0.2) is 4.39 Å². The van der Waals surface area contributed by atoms with Gasteiger partial charge in [-0.15, -0.1) is 0 Å². The summed E-state index contributed by atoms with van der Waals surface area (Å²) in [7, 11) is 0. The maximum absolute atomic E-state index is 13.1. The highest BCUT2D eigenvalue weighted by Crippen LogP contribution is 2.33. The van der Waals surface area contributed by atoms with Crippen molar-refractivity contribution in [2.24, 2.45) is 5.73 Å². The van der Waals surface area contributed by atoms with E-state index in [1.54, 1.807) is 17.0 Å². The Balaban J connectivity index is 1.71. The number of aldehydes is 1. The van der Waals surface area contributed by atoms with Crippen molar-refractivity contribution in [2.45, 2.75) is 44.3 Å². The zero-order chi connectivity index (χ0) is 19.9. The predicted molar refractivity (Wildman–Crippen MR) is 102 cm³/mol. The molecule has 0 bridgehead atoms. The molecule has 7 heteroatoms. The average Bonchev–Trinajstić information content (AvgIpc) is 3.12. The van der Waals surface area contributed by atoms with Gasteiger partial charge < -0.3 is 10.6 Å². The Morgan fingerprint density at radius 1 is 1.14 bits per heavy atom. The number of hydrogen-bond donors (Lipinski definition) is 1. The largest absolute Gasteiger partial charge is 0.334 e. The van der Waals surface area contributed by atoms with Crippen LogP contribution >= 0.6 is 0 Å². The number of nitrogens with two attached hydrogens (primary N) is 1. The van der Waals surface area contributed by atoms with Gasteiger partial charge in [-0.2, -0.15) is 0 Å². The van der Waals surface area contributed by atoms with E-state index in [0.717, 1.165) is 18.4 Å². The zero-order valence-corrected chi connectivity index (χ0v) is 15.5. The molecule has 0 saturated heterocycles. The lowest BCUT2D eigenvalue weighted by atomic mass is 9.95. The van der Waals surface area contributed by atoms with Gasteiger partial charge in [0.25, 0.3) is 11.5 Å². The molecule has 2 heterocycles. The fraction of sp³-hybridized carbons (Fsp3) is 0.381. The van der Waals surface area contributed by atoms with Crippen molar-refractivity contribution in [2.75, 3.05) is 6.54 Å². The Labute approximate surface area is 161 Å². The van der Waals surface area contributed by atoms with Crippen LogP contribution in [0.15, 0.2) is 35.1 Å². The van der Waals surface area contributed by atoms with E-state index in [4.69, 9.17) is 5.73 Å². The summed E-state index contributed by atoms with van der Waals surface area (Å²) in [5.41, 5.74) is 7.04. The van der Waals surface area contributed by atoms with Crippen LogP contribution in [-0.2, 0) is 18.6 Å². The van der Waals surface area contributed by atoms with Crippen LogP contribution in [0, 0.1) is 5.82 Å². The maximum Gasteiger partial charge on any atom is 0.254 e. The van der Waals surface area contributed by atoms with Crippen LogP contribution in [0.2, 0.25) is 0 Å². The van der Waals surface area contributed by atoms with Gasteiger partial charge in [0, 0.05) is 19.2 Å². The molecule has 2 N–H and O–H groups in total. The summed E-state index contributed by atoms with van der Waals surface area (Å²) in [6.07, 6.45) is 4.20. The summed E-state index contributed by atoms with van der Waals surface area (Å²) in [6.45, 7) is 0.735. The fourth-order valence-corrected chi connectivity index (χ4v) is 4.39. The van der Waals surface area contributed by atoms with Crippen LogP contribution in [0.1, 0.15) is 57.7 Å². The lowest BCUT2D eigenvalue weighted by molar-refractivity contribution is 0.0725. The van der Waals surface area contributed by atoms with Crippen LogP contribution in [-0.4, -0.2) is 28.2 Å². The third kappa shape index (κ3) is 3.05. The second-order valence-electron chi connectivity index (χ2n) is 7.63. The number of hydrogen-bond acceptors (Lipinski definition) is 4. The second kappa shape index (κ2) is 6.98. The Bertz CT molecular complexity index is 991. The zero-order valence-electron chi connectivity index (χ0n) is 15.5. The molecular weight excluding hydrogens is 361 g/mol. The molecule has 0 unspecified atom stereocenters. The van der Waals surface area contributed by atoms with Crippen molar-refractivity contribution >= 4 is 12.2 Å². The number of rotatable bonds is 4. The van der Waals surface area contributed by atoms with E-state index in [1.165, 1.54) is 22.8 Å². The number of amides is 1. The van der Waals surface area contributed by atoms with Crippen LogP contribution in [0.3, 0.4) is 0 Å². The number of benzene rings is 1. The van der Waals surface area contributed by atoms with Gasteiger partial charge in [0.2, 0.25) is 0 Å². The summed E-state index contributed by atoms with van der Waals surface area (Å²) >= 11 is 0. The first-order valence-electron chi connectivity index (χ1n) is 9.50. The summed E-state index contributed by atoms with van der Waals surface area (Å²) in [4.78, 5) is 39.3. The molecule has 0 atom stereocenters. The quantitative estimate of drug-likeness (QED) is 0.820. The standard InChI is InChI=1S/C21H22FN3O3/c22-15-5-3-14(4-6-15)12-24-10-7-16-17(20(24)28)11-19(27)25(18(16)13-26)21(23)8-1-2-9-21/h3-6,11,13H,1-2,7-10,12,23H2. The van der Waals surface area contributed by atoms with Crippen molar-refractivity contribution in [1.29, 1.82) is 0 Å². The minimum absolute atomic E-state index is 0.224. The van der Waals surface area contributed by atoms with Crippen molar-refractivity contribution in [1.82, 2.24) is 9.47 Å². The maximum atomic E-state index is 13.1. The Kier molecular flexibility index (Phi) is 4.63. The highest BCUT2D eigenvalue weighted by Gasteiger charge is 2.37. The van der Waals surface area contributed by atoms with Gasteiger partial charge in [0.1, 0.15) is 5.82 Å². The van der Waals surface area contributed by atoms with Gasteiger partial charge >= 0.3 is 0 Å². The highest BCUT2D eigenvalue weighted by atomic mass is 19.1. The number of fused-ring (bicyclic) bond motifs is 1. The first kappa shape index (κ1) is 18.6. The molecule has 0 radical (unpaired) electrons. The molecule has 2 aromatic rings. The SMILES string of the molecule is NC1(n2c(C=O)c3c(cc2=O)C(=O)N(Cc2ccc(F)cc2)CC3)CCCC1. The van der Waals surface area contributed by atoms with E-state index in [1.807, 2.05) is 0 Å². The molecule has 1 saturated carbocycles. The molecule has 6 nitrogen and oxygen atoms in total. The van der Waals surface area contributed by atoms with E-state index >= 15 is 0 Å². The number of aromatic nitrogens is 1. The molecule has 2 aliphatic rings. The molecule has 1 aliphatic heterocycles. The topological polar surface area (TPSA) is 85.4 Å². The normalized spacial score (nSPS) is 18.2. The molecule has 0 spiro atoms. The lowest BCUT2D eigenvalue weighted by Crippen LogP contribution is -2.49. The third-order valence-electron chi connectivity index (χ3n) is 5.83. The Morgan fingerprint density at radius 3 is 2.46 bits per heavy atom. The summed E-state index contributed by atoms with van der Waals surface area (Å²) in [5.74, 6) is -0.631. The Morgan fingerprint density at radius 2 is 1.82 bits per heavy atom. The molecule has 1 aliphatic carbocycles. The van der Waals surface area contributed by atoms with Crippen LogP contribution < -0.4 is 11.3 Å². The molecule has 1 aromatic heterocycles. The molecule has 146 valence electrons. The van der Waals surface area contributed by atoms with Crippen molar-refractivity contribution < 1.29 is 14.0 Å². The van der Waals surface area contributed by atoms with E-state index < -0.39 is 11.2 Å². The predicted octanol–water partition coefficient (Wildman–Crippen LogP) is 2.18. The summed E-state index contributed by atoms with van der Waals surface area (Å²) in [5, 5.41) is 0.